The number of methoxy groups -OCH3 is 1. The molecule has 2 fully saturated rings. The smallest absolute Gasteiger partial charge is 0.356 e. The monoisotopic (exact) mass is 247 g/mol. The highest BCUT2D eigenvalue weighted by molar-refractivity contribution is 5.88. The molecule has 0 bridgehead atoms. The fourth-order valence-corrected chi connectivity index (χ4v) is 2.90. The minimum Gasteiger partial charge on any atom is -0.464 e. The minimum atomic E-state index is -0.377. The molecule has 3 heterocycles. The molecule has 0 unspecified atom stereocenters. The van der Waals surface area contributed by atoms with E-state index in [1.54, 1.807) is 6.20 Å². The molecule has 2 aliphatic rings. The summed E-state index contributed by atoms with van der Waals surface area (Å²) in [4.78, 5) is 17.8. The van der Waals surface area contributed by atoms with Gasteiger partial charge >= 0.3 is 5.97 Å². The van der Waals surface area contributed by atoms with Crippen LogP contribution < -0.4 is 10.2 Å². The first kappa shape index (κ1) is 11.5. The summed E-state index contributed by atoms with van der Waals surface area (Å²) in [6, 6.07) is 3.78. The Hall–Kier alpha value is -1.62. The van der Waals surface area contributed by atoms with Crippen LogP contribution in [0.4, 0.5) is 5.69 Å². The molecule has 5 nitrogen and oxygen atoms in total. The van der Waals surface area contributed by atoms with Crippen molar-refractivity contribution < 1.29 is 9.53 Å². The molecule has 1 N–H and O–H groups in total. The van der Waals surface area contributed by atoms with Gasteiger partial charge in [0.25, 0.3) is 0 Å². The van der Waals surface area contributed by atoms with Crippen molar-refractivity contribution in [3.05, 3.63) is 24.0 Å². The Kier molecular flexibility index (Phi) is 2.91. The van der Waals surface area contributed by atoms with Gasteiger partial charge in [-0.3, -0.25) is 0 Å². The van der Waals surface area contributed by atoms with E-state index in [9.17, 15) is 4.79 Å². The van der Waals surface area contributed by atoms with Crippen LogP contribution in [0.25, 0.3) is 0 Å². The molecule has 18 heavy (non-hydrogen) atoms. The SMILES string of the molecule is COC(=O)c1cc(N2C[C@H]3CNC[C@H]3C2)ccn1. The summed E-state index contributed by atoms with van der Waals surface area (Å²) in [5.74, 6) is 1.09. The molecule has 0 spiro atoms. The normalized spacial score (nSPS) is 26.2. The van der Waals surface area contributed by atoms with Crippen molar-refractivity contribution in [1.82, 2.24) is 10.3 Å². The maximum absolute atomic E-state index is 11.5. The van der Waals surface area contributed by atoms with Gasteiger partial charge < -0.3 is 15.0 Å². The van der Waals surface area contributed by atoms with Crippen LogP contribution in [0.1, 0.15) is 10.5 Å². The second-order valence-corrected chi connectivity index (χ2v) is 4.97. The zero-order valence-electron chi connectivity index (χ0n) is 10.4. The Morgan fingerprint density at radius 2 is 2.17 bits per heavy atom. The van der Waals surface area contributed by atoms with Gasteiger partial charge in [0.1, 0.15) is 5.69 Å². The lowest BCUT2D eigenvalue weighted by Gasteiger charge is -2.19. The zero-order chi connectivity index (χ0) is 12.5. The number of nitrogens with zero attached hydrogens (tertiary/aromatic N) is 2. The third kappa shape index (κ3) is 1.95. The van der Waals surface area contributed by atoms with Crippen LogP contribution in [0.15, 0.2) is 18.3 Å². The number of aromatic nitrogens is 1. The predicted molar refractivity (Wildman–Crippen MR) is 67.6 cm³/mol. The lowest BCUT2D eigenvalue weighted by atomic mass is 10.0. The summed E-state index contributed by atoms with van der Waals surface area (Å²) in [5, 5.41) is 3.42. The van der Waals surface area contributed by atoms with Crippen molar-refractivity contribution in [3.8, 4) is 0 Å². The molecule has 2 atom stereocenters. The van der Waals surface area contributed by atoms with Gasteiger partial charge in [-0.2, -0.15) is 0 Å². The lowest BCUT2D eigenvalue weighted by Crippen LogP contribution is -2.25. The van der Waals surface area contributed by atoms with Gasteiger partial charge in [0.15, 0.2) is 0 Å². The Labute approximate surface area is 106 Å². The quantitative estimate of drug-likeness (QED) is 0.772. The maximum atomic E-state index is 11.5. The van der Waals surface area contributed by atoms with Crippen LogP contribution in [-0.4, -0.2) is 44.2 Å². The summed E-state index contributed by atoms with van der Waals surface area (Å²) >= 11 is 0. The number of carbonyl (C=O) groups is 1. The summed E-state index contributed by atoms with van der Waals surface area (Å²) in [6.45, 7) is 4.33. The van der Waals surface area contributed by atoms with Crippen molar-refractivity contribution in [2.45, 2.75) is 0 Å². The first-order valence-electron chi connectivity index (χ1n) is 6.28. The van der Waals surface area contributed by atoms with Crippen molar-refractivity contribution in [1.29, 1.82) is 0 Å². The number of ether oxygens (including phenoxy) is 1. The molecule has 2 aliphatic heterocycles. The molecule has 1 aromatic rings. The maximum Gasteiger partial charge on any atom is 0.356 e. The number of nitrogens with one attached hydrogen (secondary N) is 1. The number of fused-ring (bicyclic) bond motifs is 1. The standard InChI is InChI=1S/C13H17N3O2/c1-18-13(17)12-4-11(2-3-15-12)16-7-9-5-14-6-10(9)8-16/h2-4,9-10,14H,5-8H2,1H3/t9-,10+. The van der Waals surface area contributed by atoms with Crippen molar-refractivity contribution in [2.24, 2.45) is 11.8 Å². The molecule has 0 aromatic carbocycles. The number of hydrogen-bond acceptors (Lipinski definition) is 5. The molecular weight excluding hydrogens is 230 g/mol. The molecule has 5 heteroatoms. The molecule has 0 radical (unpaired) electrons. The first-order chi connectivity index (χ1) is 8.78. The van der Waals surface area contributed by atoms with E-state index in [-0.39, 0.29) is 5.97 Å². The minimum absolute atomic E-state index is 0.377. The van der Waals surface area contributed by atoms with Gasteiger partial charge in [-0.25, -0.2) is 9.78 Å². The summed E-state index contributed by atoms with van der Waals surface area (Å²) in [5.41, 5.74) is 1.45. The molecule has 0 aliphatic carbocycles. The van der Waals surface area contributed by atoms with Crippen LogP contribution in [0.2, 0.25) is 0 Å². The molecule has 1 aromatic heterocycles. The van der Waals surface area contributed by atoms with E-state index in [2.05, 4.69) is 15.2 Å². The highest BCUT2D eigenvalue weighted by Gasteiger charge is 2.36. The summed E-state index contributed by atoms with van der Waals surface area (Å²) in [7, 11) is 1.38. The van der Waals surface area contributed by atoms with E-state index in [0.717, 1.165) is 43.7 Å². The largest absolute Gasteiger partial charge is 0.464 e. The van der Waals surface area contributed by atoms with E-state index in [4.69, 9.17) is 4.74 Å². The van der Waals surface area contributed by atoms with Crippen LogP contribution in [-0.2, 0) is 4.74 Å². The first-order valence-corrected chi connectivity index (χ1v) is 6.28. The molecular formula is C13H17N3O2. The summed E-state index contributed by atoms with van der Waals surface area (Å²) in [6.07, 6.45) is 1.67. The van der Waals surface area contributed by atoms with Crippen molar-refractivity contribution >= 4 is 11.7 Å². The van der Waals surface area contributed by atoms with E-state index < -0.39 is 0 Å². The van der Waals surface area contributed by atoms with Gasteiger partial charge in [0, 0.05) is 38.1 Å². The lowest BCUT2D eigenvalue weighted by molar-refractivity contribution is 0.0594. The Bertz CT molecular complexity index is 451. The van der Waals surface area contributed by atoms with E-state index >= 15 is 0 Å². The van der Waals surface area contributed by atoms with Crippen molar-refractivity contribution in [3.63, 3.8) is 0 Å². The van der Waals surface area contributed by atoms with Crippen LogP contribution >= 0.6 is 0 Å². The summed E-state index contributed by atoms with van der Waals surface area (Å²) < 4.78 is 4.70. The number of rotatable bonds is 2. The zero-order valence-corrected chi connectivity index (χ0v) is 10.4. The van der Waals surface area contributed by atoms with E-state index in [0.29, 0.717) is 5.69 Å². The van der Waals surface area contributed by atoms with Gasteiger partial charge in [0.2, 0.25) is 0 Å². The topological polar surface area (TPSA) is 54.5 Å². The van der Waals surface area contributed by atoms with Crippen LogP contribution in [0.5, 0.6) is 0 Å². The van der Waals surface area contributed by atoms with Crippen LogP contribution in [0, 0.1) is 11.8 Å². The molecule has 2 saturated heterocycles. The molecule has 0 amide bonds. The Morgan fingerprint density at radius 1 is 1.44 bits per heavy atom. The second-order valence-electron chi connectivity index (χ2n) is 4.97. The van der Waals surface area contributed by atoms with Gasteiger partial charge in [-0.15, -0.1) is 0 Å². The fourth-order valence-electron chi connectivity index (χ4n) is 2.90. The highest BCUT2D eigenvalue weighted by Crippen LogP contribution is 2.30. The van der Waals surface area contributed by atoms with E-state index in [1.165, 1.54) is 7.11 Å². The Balaban J connectivity index is 1.79. The average Bonchev–Trinajstić information content (AvgIpc) is 2.98. The number of anilines is 1. The van der Waals surface area contributed by atoms with Gasteiger partial charge in [-0.1, -0.05) is 0 Å². The molecule has 3 rings (SSSR count). The van der Waals surface area contributed by atoms with Crippen LogP contribution in [0.3, 0.4) is 0 Å². The number of hydrogen-bond donors (Lipinski definition) is 1. The number of pyridine rings is 1. The molecule has 96 valence electrons. The third-order valence-electron chi connectivity index (χ3n) is 3.89. The fraction of sp³-hybridized carbons (Fsp3) is 0.538. The van der Waals surface area contributed by atoms with Crippen molar-refractivity contribution in [2.75, 3.05) is 38.2 Å². The van der Waals surface area contributed by atoms with Gasteiger partial charge in [-0.05, 0) is 24.0 Å². The van der Waals surface area contributed by atoms with E-state index in [1.807, 2.05) is 12.1 Å². The third-order valence-corrected chi connectivity index (χ3v) is 3.89. The number of carbonyl (C=O) groups excluding carboxylic acids is 1. The average molecular weight is 247 g/mol. The second kappa shape index (κ2) is 4.57. The Morgan fingerprint density at radius 3 is 2.83 bits per heavy atom. The number of esters is 1. The predicted octanol–water partition coefficient (Wildman–Crippen LogP) is 0.524. The molecule has 0 saturated carbocycles. The highest BCUT2D eigenvalue weighted by atomic mass is 16.5. The van der Waals surface area contributed by atoms with Gasteiger partial charge in [0.05, 0.1) is 7.11 Å².